The normalized spacial score (nSPS) is 24.4. The van der Waals surface area contributed by atoms with Crippen LogP contribution < -0.4 is 10.1 Å². The van der Waals surface area contributed by atoms with E-state index in [1.54, 1.807) is 7.11 Å². The Hall–Kier alpha value is -0.700. The lowest BCUT2D eigenvalue weighted by atomic mass is 10.1. The molecule has 0 heterocycles. The summed E-state index contributed by atoms with van der Waals surface area (Å²) in [6.07, 6.45) is 3.96. The van der Waals surface area contributed by atoms with Crippen LogP contribution in [0.5, 0.6) is 5.75 Å². The van der Waals surface area contributed by atoms with Gasteiger partial charge in [0.25, 0.3) is 0 Å². The second kappa shape index (κ2) is 5.09. The lowest BCUT2D eigenvalue weighted by molar-refractivity contribution is 0.412. The van der Waals surface area contributed by atoms with Crippen molar-refractivity contribution in [2.75, 3.05) is 12.4 Å². The van der Waals surface area contributed by atoms with E-state index in [-0.39, 0.29) is 0 Å². The molecular formula is C13H18BrNO. The summed E-state index contributed by atoms with van der Waals surface area (Å²) in [4.78, 5) is 0. The van der Waals surface area contributed by atoms with Crippen LogP contribution in [0.25, 0.3) is 0 Å². The van der Waals surface area contributed by atoms with E-state index in [2.05, 4.69) is 40.3 Å². The highest BCUT2D eigenvalue weighted by atomic mass is 79.9. The van der Waals surface area contributed by atoms with Crippen LogP contribution in [0.2, 0.25) is 0 Å². The van der Waals surface area contributed by atoms with E-state index in [0.717, 1.165) is 21.8 Å². The van der Waals surface area contributed by atoms with Gasteiger partial charge in [-0.25, -0.2) is 0 Å². The first-order valence-corrected chi connectivity index (χ1v) is 6.60. The van der Waals surface area contributed by atoms with Gasteiger partial charge in [-0.2, -0.15) is 0 Å². The van der Waals surface area contributed by atoms with Crippen molar-refractivity contribution in [2.45, 2.75) is 32.2 Å². The van der Waals surface area contributed by atoms with Crippen molar-refractivity contribution in [1.82, 2.24) is 0 Å². The third-order valence-corrected chi connectivity index (χ3v) is 4.02. The third-order valence-electron chi connectivity index (χ3n) is 3.36. The van der Waals surface area contributed by atoms with Gasteiger partial charge in [-0.3, -0.25) is 0 Å². The van der Waals surface area contributed by atoms with Crippen LogP contribution >= 0.6 is 15.9 Å². The van der Waals surface area contributed by atoms with E-state index in [0.29, 0.717) is 6.04 Å². The molecule has 2 rings (SSSR count). The summed E-state index contributed by atoms with van der Waals surface area (Å²) in [6.45, 7) is 2.32. The van der Waals surface area contributed by atoms with Crippen molar-refractivity contribution in [3.8, 4) is 5.75 Å². The minimum Gasteiger partial charge on any atom is -0.495 e. The number of benzene rings is 1. The Morgan fingerprint density at radius 3 is 2.81 bits per heavy atom. The van der Waals surface area contributed by atoms with Crippen molar-refractivity contribution in [2.24, 2.45) is 5.92 Å². The molecule has 0 saturated heterocycles. The zero-order valence-electron chi connectivity index (χ0n) is 9.79. The molecule has 0 amide bonds. The van der Waals surface area contributed by atoms with Crippen LogP contribution in [0, 0.1) is 5.92 Å². The Morgan fingerprint density at radius 1 is 1.38 bits per heavy atom. The molecule has 0 bridgehead atoms. The van der Waals surface area contributed by atoms with Crippen LogP contribution in [0.15, 0.2) is 22.7 Å². The zero-order valence-corrected chi connectivity index (χ0v) is 11.4. The van der Waals surface area contributed by atoms with Crippen LogP contribution in [0.1, 0.15) is 26.2 Å². The highest BCUT2D eigenvalue weighted by Crippen LogP contribution is 2.31. The fourth-order valence-electron chi connectivity index (χ4n) is 2.32. The summed E-state index contributed by atoms with van der Waals surface area (Å²) >= 11 is 3.46. The predicted octanol–water partition coefficient (Wildman–Crippen LogP) is 4.06. The van der Waals surface area contributed by atoms with Crippen LogP contribution in [-0.4, -0.2) is 13.2 Å². The smallest absolute Gasteiger partial charge is 0.135 e. The van der Waals surface area contributed by atoms with Crippen molar-refractivity contribution >= 4 is 21.6 Å². The first-order valence-electron chi connectivity index (χ1n) is 5.81. The lowest BCUT2D eigenvalue weighted by Crippen LogP contribution is -2.21. The molecule has 1 N–H and O–H groups in total. The van der Waals surface area contributed by atoms with Gasteiger partial charge < -0.3 is 10.1 Å². The number of ether oxygens (including phenoxy) is 1. The predicted molar refractivity (Wildman–Crippen MR) is 71.1 cm³/mol. The van der Waals surface area contributed by atoms with Crippen molar-refractivity contribution in [3.63, 3.8) is 0 Å². The van der Waals surface area contributed by atoms with E-state index in [9.17, 15) is 0 Å². The van der Waals surface area contributed by atoms with E-state index in [1.807, 2.05) is 6.07 Å². The maximum atomic E-state index is 5.29. The van der Waals surface area contributed by atoms with Gasteiger partial charge in [0.15, 0.2) is 0 Å². The second-order valence-corrected chi connectivity index (χ2v) is 5.36. The topological polar surface area (TPSA) is 21.3 Å². The molecule has 2 nitrogen and oxygen atoms in total. The highest BCUT2D eigenvalue weighted by Gasteiger charge is 2.22. The SMILES string of the molecule is COc1cc(NC2CCCC2C)ccc1Br. The van der Waals surface area contributed by atoms with Crippen molar-refractivity contribution in [3.05, 3.63) is 22.7 Å². The summed E-state index contributed by atoms with van der Waals surface area (Å²) < 4.78 is 6.29. The number of hydrogen-bond acceptors (Lipinski definition) is 2. The molecule has 1 aliphatic carbocycles. The van der Waals surface area contributed by atoms with Crippen LogP contribution in [-0.2, 0) is 0 Å². The minimum atomic E-state index is 0.617. The van der Waals surface area contributed by atoms with Gasteiger partial charge in [0.05, 0.1) is 11.6 Å². The summed E-state index contributed by atoms with van der Waals surface area (Å²) in [7, 11) is 1.70. The van der Waals surface area contributed by atoms with Gasteiger partial charge in [-0.05, 0) is 46.8 Å². The van der Waals surface area contributed by atoms with Crippen LogP contribution in [0.3, 0.4) is 0 Å². The van der Waals surface area contributed by atoms with Gasteiger partial charge in [0.2, 0.25) is 0 Å². The molecule has 3 heteroatoms. The monoisotopic (exact) mass is 283 g/mol. The van der Waals surface area contributed by atoms with E-state index in [4.69, 9.17) is 4.74 Å². The number of hydrogen-bond donors (Lipinski definition) is 1. The average molecular weight is 284 g/mol. The van der Waals surface area contributed by atoms with E-state index < -0.39 is 0 Å². The standard InChI is InChI=1S/C13H18BrNO/c1-9-4-3-5-12(9)15-10-6-7-11(14)13(8-10)16-2/h6-9,12,15H,3-5H2,1-2H3. The first kappa shape index (κ1) is 11.8. The Balaban J connectivity index is 2.09. The molecule has 2 unspecified atom stereocenters. The van der Waals surface area contributed by atoms with Gasteiger partial charge in [-0.1, -0.05) is 13.3 Å². The molecule has 16 heavy (non-hydrogen) atoms. The minimum absolute atomic E-state index is 0.617. The summed E-state index contributed by atoms with van der Waals surface area (Å²) in [5.41, 5.74) is 1.15. The number of nitrogens with one attached hydrogen (secondary N) is 1. The molecule has 1 saturated carbocycles. The van der Waals surface area contributed by atoms with Crippen molar-refractivity contribution in [1.29, 1.82) is 0 Å². The summed E-state index contributed by atoms with van der Waals surface area (Å²) in [6, 6.07) is 6.79. The molecule has 0 spiro atoms. The van der Waals surface area contributed by atoms with Gasteiger partial charge >= 0.3 is 0 Å². The maximum absolute atomic E-state index is 5.29. The molecule has 1 aliphatic rings. The summed E-state index contributed by atoms with van der Waals surface area (Å²) in [5.74, 6) is 1.66. The number of methoxy groups -OCH3 is 1. The molecule has 2 atom stereocenters. The van der Waals surface area contributed by atoms with E-state index >= 15 is 0 Å². The maximum Gasteiger partial charge on any atom is 0.135 e. The molecule has 1 aromatic rings. The highest BCUT2D eigenvalue weighted by molar-refractivity contribution is 9.10. The average Bonchev–Trinajstić information content (AvgIpc) is 2.67. The zero-order chi connectivity index (χ0) is 11.5. The molecule has 1 fully saturated rings. The quantitative estimate of drug-likeness (QED) is 0.903. The Morgan fingerprint density at radius 2 is 2.19 bits per heavy atom. The number of rotatable bonds is 3. The lowest BCUT2D eigenvalue weighted by Gasteiger charge is -2.19. The molecule has 0 aliphatic heterocycles. The first-order chi connectivity index (χ1) is 7.70. The molecule has 88 valence electrons. The van der Waals surface area contributed by atoms with Gasteiger partial charge in [-0.15, -0.1) is 0 Å². The number of halogens is 1. The van der Waals surface area contributed by atoms with Gasteiger partial charge in [0.1, 0.15) is 5.75 Å². The third kappa shape index (κ3) is 2.51. The van der Waals surface area contributed by atoms with E-state index in [1.165, 1.54) is 19.3 Å². The Bertz CT molecular complexity index is 367. The van der Waals surface area contributed by atoms with Gasteiger partial charge in [0, 0.05) is 17.8 Å². The molecular weight excluding hydrogens is 266 g/mol. The summed E-state index contributed by atoms with van der Waals surface area (Å²) in [5, 5.41) is 3.59. The largest absolute Gasteiger partial charge is 0.495 e. The molecule has 0 aromatic heterocycles. The Kier molecular flexibility index (Phi) is 3.74. The van der Waals surface area contributed by atoms with Crippen LogP contribution in [0.4, 0.5) is 5.69 Å². The molecule has 0 radical (unpaired) electrons. The second-order valence-electron chi connectivity index (χ2n) is 4.51. The fraction of sp³-hybridized carbons (Fsp3) is 0.538. The fourth-order valence-corrected chi connectivity index (χ4v) is 2.73. The van der Waals surface area contributed by atoms with Crippen molar-refractivity contribution < 1.29 is 4.74 Å². The molecule has 1 aromatic carbocycles. The Labute approximate surface area is 106 Å². The number of anilines is 1.